The van der Waals surface area contributed by atoms with Gasteiger partial charge in [0.05, 0.1) is 0 Å². The molecule has 5 aliphatic rings. The van der Waals surface area contributed by atoms with Crippen LogP contribution in [0.5, 0.6) is 0 Å². The summed E-state index contributed by atoms with van der Waals surface area (Å²) in [6, 6.07) is 3.09. The number of piperidine rings is 1. The zero-order valence-electron chi connectivity index (χ0n) is 16.5. The lowest BCUT2D eigenvalue weighted by Gasteiger charge is -2.42. The number of rotatable bonds is 2. The van der Waals surface area contributed by atoms with Crippen LogP contribution >= 0.6 is 0 Å². The van der Waals surface area contributed by atoms with Gasteiger partial charge in [-0.05, 0) is 43.2 Å². The molecule has 0 radical (unpaired) electrons. The number of hydrogen-bond acceptors (Lipinski definition) is 4. The van der Waals surface area contributed by atoms with Gasteiger partial charge in [0.2, 0.25) is 11.7 Å². The van der Waals surface area contributed by atoms with Gasteiger partial charge in [-0.25, -0.2) is 8.78 Å². The molecule has 160 valence electrons. The van der Waals surface area contributed by atoms with Gasteiger partial charge >= 0.3 is 0 Å². The predicted octanol–water partition coefficient (Wildman–Crippen LogP) is 1.23. The van der Waals surface area contributed by atoms with Crippen molar-refractivity contribution >= 4 is 23.5 Å². The van der Waals surface area contributed by atoms with Gasteiger partial charge in [-0.3, -0.25) is 24.1 Å². The van der Waals surface area contributed by atoms with Crippen molar-refractivity contribution in [1.82, 2.24) is 15.1 Å². The maximum atomic E-state index is 14.1. The van der Waals surface area contributed by atoms with E-state index in [1.165, 1.54) is 15.9 Å². The molecule has 2 saturated heterocycles. The molecule has 1 N–H and O–H groups in total. The first kappa shape index (κ1) is 18.7. The first-order valence-corrected chi connectivity index (χ1v) is 10.5. The lowest BCUT2D eigenvalue weighted by Crippen LogP contribution is -2.60. The molecule has 2 aliphatic carbocycles. The molecule has 7 nitrogen and oxygen atoms in total. The Hall–Kier alpha value is -3.10. The Bertz CT molecular complexity index is 1130. The average molecular weight is 427 g/mol. The summed E-state index contributed by atoms with van der Waals surface area (Å²) >= 11 is 0. The van der Waals surface area contributed by atoms with Gasteiger partial charge in [-0.15, -0.1) is 0 Å². The number of hydrogen-bond donors (Lipinski definition) is 1. The monoisotopic (exact) mass is 427 g/mol. The Labute approximate surface area is 176 Å². The van der Waals surface area contributed by atoms with Crippen molar-refractivity contribution in [2.45, 2.75) is 37.9 Å². The summed E-state index contributed by atoms with van der Waals surface area (Å²) in [5.41, 5.74) is -0.184. The first-order valence-electron chi connectivity index (χ1n) is 10.5. The molecule has 3 heterocycles. The number of halogens is 2. The highest BCUT2D eigenvalue weighted by Gasteiger charge is 2.69. The third kappa shape index (κ3) is 2.37. The van der Waals surface area contributed by atoms with Crippen LogP contribution in [0.25, 0.3) is 0 Å². The molecule has 2 unspecified atom stereocenters. The lowest BCUT2D eigenvalue weighted by molar-refractivity contribution is -0.155. The van der Waals surface area contributed by atoms with Crippen LogP contribution in [0.1, 0.15) is 31.2 Å². The molecule has 9 heteroatoms. The zero-order valence-corrected chi connectivity index (χ0v) is 16.5. The molecule has 1 spiro atoms. The second kappa shape index (κ2) is 5.99. The summed E-state index contributed by atoms with van der Waals surface area (Å²) in [5, 5.41) is 2.97. The van der Waals surface area contributed by atoms with Gasteiger partial charge in [0, 0.05) is 30.6 Å². The molecule has 1 aromatic rings. The van der Waals surface area contributed by atoms with Gasteiger partial charge in [0.25, 0.3) is 11.8 Å². The maximum absolute atomic E-state index is 14.1. The third-order valence-electron chi connectivity index (χ3n) is 7.51. The molecule has 2 saturated carbocycles. The predicted molar refractivity (Wildman–Crippen MR) is 100 cm³/mol. The maximum Gasteiger partial charge on any atom is 0.297 e. The van der Waals surface area contributed by atoms with Crippen LogP contribution in [0.3, 0.4) is 0 Å². The van der Waals surface area contributed by atoms with Crippen molar-refractivity contribution in [2.75, 3.05) is 6.54 Å². The van der Waals surface area contributed by atoms with Gasteiger partial charge in [0.1, 0.15) is 28.9 Å². The number of benzene rings is 1. The smallest absolute Gasteiger partial charge is 0.297 e. The SMILES string of the molecule is O=C1NC2(CC[C@@H]3C[C@@H]32)N2C(=O)C(=O)C3C(=O)N(Cc4ccc(F)cc4F)CCC3=C12. The molecule has 1 aromatic carbocycles. The fourth-order valence-corrected chi connectivity index (χ4v) is 5.97. The Morgan fingerprint density at radius 3 is 2.65 bits per heavy atom. The molecule has 31 heavy (non-hydrogen) atoms. The van der Waals surface area contributed by atoms with E-state index in [2.05, 4.69) is 5.32 Å². The van der Waals surface area contributed by atoms with E-state index in [0.29, 0.717) is 17.9 Å². The molecular formula is C22H19F2N3O4. The van der Waals surface area contributed by atoms with E-state index < -0.39 is 46.7 Å². The number of nitrogens with zero attached hydrogens (tertiary/aromatic N) is 2. The van der Waals surface area contributed by atoms with Crippen LogP contribution in [0, 0.1) is 29.4 Å². The number of Topliss-reactive ketones (excluding diaryl/α,β-unsaturated/α-hetero) is 1. The number of likely N-dealkylation sites (tertiary alicyclic amines) is 1. The number of fused-ring (bicyclic) bond motifs is 5. The summed E-state index contributed by atoms with van der Waals surface area (Å²) < 4.78 is 27.3. The van der Waals surface area contributed by atoms with E-state index in [-0.39, 0.29) is 36.7 Å². The zero-order chi connectivity index (χ0) is 21.7. The normalized spacial score (nSPS) is 33.7. The highest BCUT2D eigenvalue weighted by atomic mass is 19.1. The van der Waals surface area contributed by atoms with E-state index >= 15 is 0 Å². The standard InChI is InChI=1S/C22H19F2N3O4/c23-12-2-1-11(15(24)8-12)9-26-6-4-13-16(20(26)30)18(28)21(31)27-17(13)19(29)25-22(27)5-3-10-7-14(10)22/h1-2,8,10,14,16H,3-7,9H2,(H,25,29)/t10-,14+,16?,22?/m1/s1. The van der Waals surface area contributed by atoms with Crippen molar-refractivity contribution < 1.29 is 28.0 Å². The quantitative estimate of drug-likeness (QED) is 0.568. The van der Waals surface area contributed by atoms with Crippen molar-refractivity contribution in [2.24, 2.45) is 17.8 Å². The molecule has 3 amide bonds. The number of carbonyl (C=O) groups excluding carboxylic acids is 4. The number of nitrogens with one attached hydrogen (secondary N) is 1. The van der Waals surface area contributed by atoms with Gasteiger partial charge in [-0.1, -0.05) is 6.07 Å². The van der Waals surface area contributed by atoms with Crippen LogP contribution < -0.4 is 5.32 Å². The summed E-state index contributed by atoms with van der Waals surface area (Å²) in [7, 11) is 0. The second-order valence-corrected chi connectivity index (χ2v) is 9.08. The summed E-state index contributed by atoms with van der Waals surface area (Å²) in [6.07, 6.45) is 2.66. The minimum atomic E-state index is -1.35. The fourth-order valence-electron chi connectivity index (χ4n) is 5.97. The van der Waals surface area contributed by atoms with Crippen LogP contribution in [0.2, 0.25) is 0 Å². The molecular weight excluding hydrogens is 408 g/mol. The van der Waals surface area contributed by atoms with Gasteiger partial charge in [-0.2, -0.15) is 0 Å². The Balaban J connectivity index is 1.36. The van der Waals surface area contributed by atoms with Crippen molar-refractivity contribution in [1.29, 1.82) is 0 Å². The van der Waals surface area contributed by atoms with E-state index in [4.69, 9.17) is 0 Å². The highest BCUT2D eigenvalue weighted by molar-refractivity contribution is 6.44. The van der Waals surface area contributed by atoms with Gasteiger partial charge in [0.15, 0.2) is 0 Å². The Morgan fingerprint density at radius 1 is 1.16 bits per heavy atom. The summed E-state index contributed by atoms with van der Waals surface area (Å²) in [4.78, 5) is 54.9. The van der Waals surface area contributed by atoms with Crippen molar-refractivity contribution in [3.63, 3.8) is 0 Å². The van der Waals surface area contributed by atoms with Crippen LogP contribution in [0.4, 0.5) is 8.78 Å². The van der Waals surface area contributed by atoms with Gasteiger partial charge < -0.3 is 10.2 Å². The van der Waals surface area contributed by atoms with Crippen molar-refractivity contribution in [3.05, 3.63) is 46.7 Å². The number of carbonyl (C=O) groups is 4. The van der Waals surface area contributed by atoms with E-state index in [1.807, 2.05) is 0 Å². The largest absolute Gasteiger partial charge is 0.337 e. The number of amides is 3. The molecule has 6 rings (SSSR count). The minimum Gasteiger partial charge on any atom is -0.337 e. The Kier molecular flexibility index (Phi) is 3.60. The molecule has 4 fully saturated rings. The highest BCUT2D eigenvalue weighted by Crippen LogP contribution is 2.61. The first-order chi connectivity index (χ1) is 14.8. The summed E-state index contributed by atoms with van der Waals surface area (Å²) in [5.74, 6) is -4.94. The topological polar surface area (TPSA) is 86.8 Å². The fraction of sp³-hybridized carbons (Fsp3) is 0.455. The Morgan fingerprint density at radius 2 is 1.97 bits per heavy atom. The van der Waals surface area contributed by atoms with E-state index in [0.717, 1.165) is 25.0 Å². The third-order valence-corrected chi connectivity index (χ3v) is 7.51. The molecule has 0 aromatic heterocycles. The lowest BCUT2D eigenvalue weighted by atomic mass is 9.81. The van der Waals surface area contributed by atoms with E-state index in [9.17, 15) is 28.0 Å². The molecule has 4 atom stereocenters. The van der Waals surface area contributed by atoms with Crippen LogP contribution in [-0.4, -0.2) is 45.5 Å². The number of ketones is 1. The van der Waals surface area contributed by atoms with Crippen LogP contribution in [-0.2, 0) is 25.7 Å². The summed E-state index contributed by atoms with van der Waals surface area (Å²) in [6.45, 7) is 0.0295. The van der Waals surface area contributed by atoms with Crippen molar-refractivity contribution in [3.8, 4) is 0 Å². The average Bonchev–Trinajstić information content (AvgIpc) is 3.36. The van der Waals surface area contributed by atoms with E-state index in [1.54, 1.807) is 0 Å². The van der Waals surface area contributed by atoms with Crippen LogP contribution in [0.15, 0.2) is 29.5 Å². The minimum absolute atomic E-state index is 0.116. The molecule has 3 aliphatic heterocycles. The molecule has 0 bridgehead atoms. The second-order valence-electron chi connectivity index (χ2n) is 9.08.